The van der Waals surface area contributed by atoms with Crippen LogP contribution in [0.4, 0.5) is 0 Å². The average molecular weight is 517 g/mol. The van der Waals surface area contributed by atoms with Crippen LogP contribution in [0.5, 0.6) is 23.0 Å². The standard InChI is InChI=1S/C34H44O4/c1-22(15-17-33(4)24(3)16-18-34(5)23(2)7-6-8-32(33)34)9-13-27-29(36)20-26(21-30(27)37)11-10-25-12-14-28(35)31(38)19-25/h7,9-12,14,19-21,24,32,35-38H,6,8,13,15-18H2,1-5H3/b11-10+,22-9+/t24-,32-,33+,34+/m0/s1. The monoisotopic (exact) mass is 516 g/mol. The Bertz CT molecular complexity index is 1250. The summed E-state index contributed by atoms with van der Waals surface area (Å²) in [5.74, 6) is 1.19. The molecule has 2 aliphatic carbocycles. The highest BCUT2D eigenvalue weighted by Crippen LogP contribution is 2.61. The van der Waals surface area contributed by atoms with E-state index in [0.29, 0.717) is 39.9 Å². The SMILES string of the molecule is CC1=CCC[C@H]2[C@](C)(CC/C(C)=C/Cc3c(O)cc(/C=C/c4ccc(O)c(O)c4)cc3O)[C@@H](C)CC[C@]12C. The fourth-order valence-electron chi connectivity index (χ4n) is 6.98. The molecule has 0 bridgehead atoms. The molecule has 204 valence electrons. The molecule has 0 spiro atoms. The molecule has 4 heteroatoms. The van der Waals surface area contributed by atoms with Crippen molar-refractivity contribution in [1.29, 1.82) is 0 Å². The van der Waals surface area contributed by atoms with Gasteiger partial charge in [0, 0.05) is 5.56 Å². The number of rotatable bonds is 7. The van der Waals surface area contributed by atoms with Gasteiger partial charge in [0.1, 0.15) is 11.5 Å². The molecule has 0 radical (unpaired) electrons. The van der Waals surface area contributed by atoms with E-state index in [1.165, 1.54) is 49.8 Å². The molecular formula is C34H44O4. The van der Waals surface area contributed by atoms with E-state index in [-0.39, 0.29) is 23.0 Å². The Labute approximate surface area is 228 Å². The second-order valence-electron chi connectivity index (χ2n) is 12.3. The van der Waals surface area contributed by atoms with E-state index in [1.54, 1.807) is 35.9 Å². The van der Waals surface area contributed by atoms with Crippen LogP contribution in [0.3, 0.4) is 0 Å². The van der Waals surface area contributed by atoms with Gasteiger partial charge in [-0.05, 0) is 117 Å². The summed E-state index contributed by atoms with van der Waals surface area (Å²) in [6.45, 7) is 12.0. The zero-order valence-corrected chi connectivity index (χ0v) is 23.6. The van der Waals surface area contributed by atoms with Gasteiger partial charge in [-0.15, -0.1) is 0 Å². The Hall–Kier alpha value is -3.14. The lowest BCUT2D eigenvalue weighted by atomic mass is 9.47. The van der Waals surface area contributed by atoms with Gasteiger partial charge in [-0.2, -0.15) is 0 Å². The summed E-state index contributed by atoms with van der Waals surface area (Å²) in [4.78, 5) is 0. The minimum absolute atomic E-state index is 0.0651. The number of allylic oxidation sites excluding steroid dienone is 4. The van der Waals surface area contributed by atoms with Crippen molar-refractivity contribution in [3.05, 3.63) is 70.3 Å². The first-order chi connectivity index (χ1) is 17.9. The van der Waals surface area contributed by atoms with Crippen LogP contribution in [0.1, 0.15) is 89.8 Å². The predicted molar refractivity (Wildman–Crippen MR) is 156 cm³/mol. The summed E-state index contributed by atoms with van der Waals surface area (Å²) in [6, 6.07) is 7.82. The van der Waals surface area contributed by atoms with Crippen LogP contribution >= 0.6 is 0 Å². The Morgan fingerprint density at radius 3 is 2.26 bits per heavy atom. The van der Waals surface area contributed by atoms with Crippen LogP contribution in [0.15, 0.2) is 53.6 Å². The molecule has 2 aliphatic rings. The minimum Gasteiger partial charge on any atom is -0.507 e. The molecule has 0 amide bonds. The van der Waals surface area contributed by atoms with Crippen molar-refractivity contribution in [2.45, 2.75) is 79.6 Å². The molecule has 0 heterocycles. The number of benzene rings is 2. The summed E-state index contributed by atoms with van der Waals surface area (Å²) < 4.78 is 0. The molecule has 0 unspecified atom stereocenters. The van der Waals surface area contributed by atoms with Crippen LogP contribution in [0.25, 0.3) is 12.2 Å². The molecule has 1 fully saturated rings. The number of hydrogen-bond donors (Lipinski definition) is 4. The number of phenols is 4. The molecule has 1 saturated carbocycles. The van der Waals surface area contributed by atoms with Gasteiger partial charge in [0.2, 0.25) is 0 Å². The second-order valence-corrected chi connectivity index (χ2v) is 12.3. The van der Waals surface area contributed by atoms with Crippen molar-refractivity contribution >= 4 is 12.2 Å². The average Bonchev–Trinajstić information content (AvgIpc) is 2.87. The van der Waals surface area contributed by atoms with Crippen molar-refractivity contribution in [3.63, 3.8) is 0 Å². The summed E-state index contributed by atoms with van der Waals surface area (Å²) in [7, 11) is 0. The van der Waals surface area contributed by atoms with Crippen molar-refractivity contribution in [2.24, 2.45) is 22.7 Å². The van der Waals surface area contributed by atoms with E-state index < -0.39 is 0 Å². The molecule has 4 rings (SSSR count). The van der Waals surface area contributed by atoms with Crippen molar-refractivity contribution in [3.8, 4) is 23.0 Å². The van der Waals surface area contributed by atoms with Crippen LogP contribution in [0.2, 0.25) is 0 Å². The van der Waals surface area contributed by atoms with Gasteiger partial charge in [0.05, 0.1) is 0 Å². The molecule has 4 nitrogen and oxygen atoms in total. The van der Waals surface area contributed by atoms with E-state index >= 15 is 0 Å². The van der Waals surface area contributed by atoms with Crippen LogP contribution in [0, 0.1) is 22.7 Å². The number of phenolic OH excluding ortho intramolecular Hbond substituents is 4. The molecule has 4 N–H and O–H groups in total. The van der Waals surface area contributed by atoms with Crippen LogP contribution in [-0.4, -0.2) is 20.4 Å². The first-order valence-corrected chi connectivity index (χ1v) is 14.0. The summed E-state index contributed by atoms with van der Waals surface area (Å²) >= 11 is 0. The minimum atomic E-state index is -0.193. The lowest BCUT2D eigenvalue weighted by Crippen LogP contribution is -2.49. The Morgan fingerprint density at radius 2 is 1.58 bits per heavy atom. The maximum absolute atomic E-state index is 10.7. The second kappa shape index (κ2) is 10.9. The lowest BCUT2D eigenvalue weighted by molar-refractivity contribution is -0.0466. The highest BCUT2D eigenvalue weighted by molar-refractivity contribution is 5.72. The van der Waals surface area contributed by atoms with Crippen LogP contribution < -0.4 is 0 Å². The maximum Gasteiger partial charge on any atom is 0.157 e. The highest BCUT2D eigenvalue weighted by atomic mass is 16.3. The molecule has 38 heavy (non-hydrogen) atoms. The number of aromatic hydroxyl groups is 4. The molecule has 0 aromatic heterocycles. The molecular weight excluding hydrogens is 472 g/mol. The Kier molecular flexibility index (Phi) is 8.01. The van der Waals surface area contributed by atoms with E-state index in [9.17, 15) is 20.4 Å². The van der Waals surface area contributed by atoms with E-state index in [1.807, 2.05) is 0 Å². The highest BCUT2D eigenvalue weighted by Gasteiger charge is 2.52. The number of hydrogen-bond acceptors (Lipinski definition) is 4. The summed E-state index contributed by atoms with van der Waals surface area (Å²) in [6.07, 6.45) is 15.8. The third kappa shape index (κ3) is 5.50. The maximum atomic E-state index is 10.7. The molecule has 2 aromatic rings. The van der Waals surface area contributed by atoms with Gasteiger partial charge in [-0.3, -0.25) is 0 Å². The fraction of sp³-hybridized carbons (Fsp3) is 0.471. The van der Waals surface area contributed by atoms with Gasteiger partial charge >= 0.3 is 0 Å². The Balaban J connectivity index is 1.43. The predicted octanol–water partition coefficient (Wildman–Crippen LogP) is 8.75. The topological polar surface area (TPSA) is 80.9 Å². The largest absolute Gasteiger partial charge is 0.507 e. The van der Waals surface area contributed by atoms with Gasteiger partial charge < -0.3 is 20.4 Å². The third-order valence-corrected chi connectivity index (χ3v) is 10.00. The van der Waals surface area contributed by atoms with Crippen molar-refractivity contribution in [1.82, 2.24) is 0 Å². The smallest absolute Gasteiger partial charge is 0.157 e. The summed E-state index contributed by atoms with van der Waals surface area (Å²) in [5, 5.41) is 40.4. The van der Waals surface area contributed by atoms with E-state index in [4.69, 9.17) is 0 Å². The lowest BCUT2D eigenvalue weighted by Gasteiger charge is -2.58. The van der Waals surface area contributed by atoms with Gasteiger partial charge in [0.15, 0.2) is 11.5 Å². The molecule has 0 saturated heterocycles. The zero-order valence-electron chi connectivity index (χ0n) is 23.6. The first kappa shape index (κ1) is 27.9. The van der Waals surface area contributed by atoms with Gasteiger partial charge in [0.25, 0.3) is 0 Å². The Morgan fingerprint density at radius 1 is 0.921 bits per heavy atom. The van der Waals surface area contributed by atoms with Crippen molar-refractivity contribution in [2.75, 3.05) is 0 Å². The third-order valence-electron chi connectivity index (χ3n) is 10.00. The van der Waals surface area contributed by atoms with Crippen molar-refractivity contribution < 1.29 is 20.4 Å². The quantitative estimate of drug-likeness (QED) is 0.168. The fourth-order valence-corrected chi connectivity index (χ4v) is 6.98. The molecule has 4 atom stereocenters. The van der Waals surface area contributed by atoms with E-state index in [0.717, 1.165) is 12.3 Å². The van der Waals surface area contributed by atoms with Gasteiger partial charge in [-0.25, -0.2) is 0 Å². The molecule has 0 aliphatic heterocycles. The van der Waals surface area contributed by atoms with E-state index in [2.05, 4.69) is 46.8 Å². The summed E-state index contributed by atoms with van der Waals surface area (Å²) in [5.41, 5.74) is 5.39. The number of fused-ring (bicyclic) bond motifs is 1. The molecule has 2 aromatic carbocycles. The first-order valence-electron chi connectivity index (χ1n) is 14.0. The van der Waals surface area contributed by atoms with Crippen LogP contribution in [-0.2, 0) is 6.42 Å². The normalized spacial score (nSPS) is 27.8. The zero-order chi connectivity index (χ0) is 27.7. The van der Waals surface area contributed by atoms with Gasteiger partial charge in [-0.1, -0.05) is 62.3 Å².